The number of aryl methyl sites for hydroxylation is 1. The van der Waals surface area contributed by atoms with E-state index in [4.69, 9.17) is 9.47 Å². The Morgan fingerprint density at radius 3 is 2.81 bits per heavy atom. The second-order valence-corrected chi connectivity index (χ2v) is 9.06. The molecule has 0 aliphatic carbocycles. The van der Waals surface area contributed by atoms with Crippen molar-refractivity contribution in [3.63, 3.8) is 0 Å². The third-order valence-electron chi connectivity index (χ3n) is 4.68. The molecule has 0 amide bonds. The van der Waals surface area contributed by atoms with Crippen molar-refractivity contribution in [3.8, 4) is 23.0 Å². The highest BCUT2D eigenvalue weighted by molar-refractivity contribution is 7.92. The Labute approximate surface area is 179 Å². The van der Waals surface area contributed by atoms with Gasteiger partial charge in [-0.15, -0.1) is 0 Å². The van der Waals surface area contributed by atoms with Gasteiger partial charge in [0.25, 0.3) is 0 Å². The van der Waals surface area contributed by atoms with Crippen molar-refractivity contribution >= 4 is 15.8 Å². The van der Waals surface area contributed by atoms with Gasteiger partial charge in [-0.25, -0.2) is 8.42 Å². The van der Waals surface area contributed by atoms with E-state index in [2.05, 4.69) is 14.7 Å². The normalized spacial score (nSPS) is 16.3. The predicted molar refractivity (Wildman–Crippen MR) is 116 cm³/mol. The molecule has 2 aromatic heterocycles. The van der Waals surface area contributed by atoms with Crippen LogP contribution in [-0.4, -0.2) is 35.3 Å². The van der Waals surface area contributed by atoms with Crippen LogP contribution >= 0.6 is 0 Å². The molecule has 162 valence electrons. The lowest BCUT2D eigenvalue weighted by Crippen LogP contribution is -2.18. The van der Waals surface area contributed by atoms with Gasteiger partial charge in [-0.3, -0.25) is 9.52 Å². The minimum Gasteiger partial charge on any atom is -0.424 e. The Bertz CT molecular complexity index is 1260. The van der Waals surface area contributed by atoms with Crippen LogP contribution in [0.3, 0.4) is 0 Å². The minimum atomic E-state index is -3.62. The minimum absolute atomic E-state index is 0.0167. The molecule has 0 radical (unpaired) electrons. The molecule has 0 saturated heterocycles. The first-order valence-corrected chi connectivity index (χ1v) is 11.4. The van der Waals surface area contributed by atoms with Crippen LogP contribution < -0.4 is 15.0 Å². The third-order valence-corrected chi connectivity index (χ3v) is 6.02. The Hall–Kier alpha value is -3.24. The van der Waals surface area contributed by atoms with Crippen LogP contribution in [0.5, 0.6) is 11.8 Å². The highest BCUT2D eigenvalue weighted by Gasteiger charge is 2.16. The van der Waals surface area contributed by atoms with Crippen molar-refractivity contribution in [1.82, 2.24) is 14.5 Å². The number of hydrogen-bond donors (Lipinski definition) is 1. The summed E-state index contributed by atoms with van der Waals surface area (Å²) in [5.74, 6) is 0.540. The van der Waals surface area contributed by atoms with Crippen LogP contribution in [-0.2, 0) is 28.4 Å². The maximum absolute atomic E-state index is 12.5. The molecule has 1 aromatic carbocycles. The molecule has 1 aliphatic heterocycles. The molecule has 0 spiro atoms. The zero-order valence-electron chi connectivity index (χ0n) is 16.9. The van der Waals surface area contributed by atoms with Crippen LogP contribution in [0.25, 0.3) is 11.3 Å². The predicted octanol–water partition coefficient (Wildman–Crippen LogP) is 2.69. The maximum atomic E-state index is 12.5. The second-order valence-electron chi connectivity index (χ2n) is 7.22. The van der Waals surface area contributed by atoms with E-state index in [-0.39, 0.29) is 23.1 Å². The highest BCUT2D eigenvalue weighted by Crippen LogP contribution is 2.26. The summed E-state index contributed by atoms with van der Waals surface area (Å²) < 4.78 is 40.4. The quantitative estimate of drug-likeness (QED) is 0.616. The molecule has 3 aromatic rings. The van der Waals surface area contributed by atoms with Crippen molar-refractivity contribution < 1.29 is 17.9 Å². The molecule has 0 saturated carbocycles. The summed E-state index contributed by atoms with van der Waals surface area (Å²) in [5, 5.41) is 0. The van der Waals surface area contributed by atoms with Gasteiger partial charge in [0.2, 0.25) is 15.6 Å². The van der Waals surface area contributed by atoms with Crippen molar-refractivity contribution in [1.29, 1.82) is 0 Å². The first kappa shape index (κ1) is 21.0. The second kappa shape index (κ2) is 8.86. The molecule has 31 heavy (non-hydrogen) atoms. The van der Waals surface area contributed by atoms with E-state index in [9.17, 15) is 13.2 Å². The number of aromatic nitrogens is 3. The molecule has 0 fully saturated rings. The number of hydrogen-bond acceptors (Lipinski definition) is 7. The lowest BCUT2D eigenvalue weighted by Gasteiger charge is -2.12. The molecule has 10 heteroatoms. The molecule has 9 nitrogen and oxygen atoms in total. The fraction of sp³-hybridized carbons (Fsp3) is 0.286. The van der Waals surface area contributed by atoms with Gasteiger partial charge in [-0.05, 0) is 36.6 Å². The van der Waals surface area contributed by atoms with Crippen LogP contribution in [0.2, 0.25) is 0 Å². The summed E-state index contributed by atoms with van der Waals surface area (Å²) in [6.45, 7) is 0.859. The molecule has 0 atom stereocenters. The number of pyridine rings is 1. The monoisotopic (exact) mass is 442 g/mol. The van der Waals surface area contributed by atoms with E-state index in [0.29, 0.717) is 43.1 Å². The lowest BCUT2D eigenvalue weighted by atomic mass is 10.2. The van der Waals surface area contributed by atoms with Gasteiger partial charge < -0.3 is 14.0 Å². The Morgan fingerprint density at radius 2 is 1.97 bits per heavy atom. The molecule has 3 heterocycles. The molecular weight excluding hydrogens is 420 g/mol. The van der Waals surface area contributed by atoms with Crippen LogP contribution in [0.15, 0.2) is 53.5 Å². The summed E-state index contributed by atoms with van der Waals surface area (Å²) in [6.07, 6.45) is 2.69. The van der Waals surface area contributed by atoms with Gasteiger partial charge in [0.05, 0.1) is 18.1 Å². The topological polar surface area (TPSA) is 112 Å². The van der Waals surface area contributed by atoms with Gasteiger partial charge in [0.1, 0.15) is 11.6 Å². The number of fused-ring (bicyclic) bond motifs is 4. The summed E-state index contributed by atoms with van der Waals surface area (Å²) in [7, 11) is -1.99. The molecule has 1 N–H and O–H groups in total. The summed E-state index contributed by atoms with van der Waals surface area (Å²) >= 11 is 0. The Kier molecular flexibility index (Phi) is 6.01. The first-order valence-electron chi connectivity index (χ1n) is 9.79. The van der Waals surface area contributed by atoms with Crippen LogP contribution in [0.1, 0.15) is 18.4 Å². The maximum Gasteiger partial charge on any atom is 0.324 e. The van der Waals surface area contributed by atoms with Crippen molar-refractivity contribution in [2.75, 3.05) is 17.1 Å². The molecule has 4 rings (SSSR count). The van der Waals surface area contributed by atoms with Gasteiger partial charge in [0, 0.05) is 37.5 Å². The molecule has 4 bridgehead atoms. The van der Waals surface area contributed by atoms with Crippen molar-refractivity contribution in [3.05, 3.63) is 64.6 Å². The fourth-order valence-corrected chi connectivity index (χ4v) is 4.23. The number of sulfonamides is 1. The number of benzene rings is 1. The summed E-state index contributed by atoms with van der Waals surface area (Å²) in [5.41, 5.74) is 1.80. The van der Waals surface area contributed by atoms with Gasteiger partial charge in [-0.2, -0.15) is 9.97 Å². The summed E-state index contributed by atoms with van der Waals surface area (Å²) in [4.78, 5) is 20.4. The highest BCUT2D eigenvalue weighted by atomic mass is 32.2. The van der Waals surface area contributed by atoms with Crippen molar-refractivity contribution in [2.45, 2.75) is 19.4 Å². The number of nitrogens with zero attached hydrogens (tertiary/aromatic N) is 3. The molecule has 1 aliphatic rings. The average molecular weight is 442 g/mol. The van der Waals surface area contributed by atoms with E-state index in [0.717, 1.165) is 5.56 Å². The van der Waals surface area contributed by atoms with Gasteiger partial charge >= 0.3 is 6.01 Å². The number of nitrogens with one attached hydrogen (secondary N) is 1. The Balaban J connectivity index is 1.78. The number of ether oxygens (including phenoxy) is 2. The van der Waals surface area contributed by atoms with E-state index in [1.54, 1.807) is 25.4 Å². The zero-order chi connectivity index (χ0) is 21.8. The lowest BCUT2D eigenvalue weighted by molar-refractivity contribution is 0.118. The van der Waals surface area contributed by atoms with E-state index < -0.39 is 10.0 Å². The average Bonchev–Trinajstić information content (AvgIpc) is 2.72. The Morgan fingerprint density at radius 1 is 1.10 bits per heavy atom. The van der Waals surface area contributed by atoms with E-state index in [1.807, 2.05) is 18.2 Å². The van der Waals surface area contributed by atoms with Gasteiger partial charge in [-0.1, -0.05) is 12.1 Å². The summed E-state index contributed by atoms with van der Waals surface area (Å²) in [6, 6.07) is 11.9. The molecule has 0 unspecified atom stereocenters. The first-order chi connectivity index (χ1) is 14.9. The third kappa shape index (κ3) is 5.47. The van der Waals surface area contributed by atoms with E-state index >= 15 is 0 Å². The van der Waals surface area contributed by atoms with Gasteiger partial charge in [0.15, 0.2) is 0 Å². The number of rotatable bonds is 1. The standard InChI is InChI=1S/C21H22N4O5S/c1-25-13-16(7-8-20(25)26)18-12-19-23-21(22-18)30-17-6-4-5-15(11-17)14-29-9-2-3-10-31(27,28)24-19/h4-8,11-13H,2-3,9-10,14H2,1H3,(H,22,23,24). The van der Waals surface area contributed by atoms with Crippen molar-refractivity contribution in [2.24, 2.45) is 7.05 Å². The number of anilines is 1. The van der Waals surface area contributed by atoms with Crippen LogP contribution in [0, 0.1) is 0 Å². The molecular formula is C21H22N4O5S. The van der Waals surface area contributed by atoms with E-state index in [1.165, 1.54) is 16.7 Å². The van der Waals surface area contributed by atoms with Crippen LogP contribution in [0.4, 0.5) is 5.82 Å². The zero-order valence-corrected chi connectivity index (χ0v) is 17.8. The largest absolute Gasteiger partial charge is 0.424 e. The fourth-order valence-electron chi connectivity index (χ4n) is 3.12. The smallest absolute Gasteiger partial charge is 0.324 e. The SMILES string of the molecule is Cn1cc(-c2cc3nc(n2)Oc2cccc(c2)COCCCCS(=O)(=O)N3)ccc1=O.